The van der Waals surface area contributed by atoms with E-state index in [9.17, 15) is 23.2 Å². The lowest BCUT2D eigenvalue weighted by molar-refractivity contribution is -0.163. The third kappa shape index (κ3) is 6.49. The van der Waals surface area contributed by atoms with E-state index in [4.69, 9.17) is 24.4 Å². The van der Waals surface area contributed by atoms with Crippen LogP contribution in [0.2, 0.25) is 0 Å². The summed E-state index contributed by atoms with van der Waals surface area (Å²) in [5.74, 6) is -0.873. The number of amides is 2. The average Bonchev–Trinajstić information content (AvgIpc) is 3.48. The van der Waals surface area contributed by atoms with Crippen molar-refractivity contribution in [2.45, 2.75) is 57.4 Å². The zero-order chi connectivity index (χ0) is 30.0. The molecule has 2 N–H and O–H groups in total. The number of ether oxygens (including phenoxy) is 4. The van der Waals surface area contributed by atoms with Crippen molar-refractivity contribution in [3.8, 4) is 23.0 Å². The number of oxazole rings is 1. The van der Waals surface area contributed by atoms with Gasteiger partial charge in [0.05, 0.1) is 32.9 Å². The molecule has 3 aliphatic rings. The summed E-state index contributed by atoms with van der Waals surface area (Å²) in [6.07, 6.45) is 2.15. The molecule has 3 fully saturated rings. The molecule has 5 rings (SSSR count). The number of alkyl halides is 2. The molecule has 2 aliphatic heterocycles. The van der Waals surface area contributed by atoms with Gasteiger partial charge in [-0.3, -0.25) is 9.59 Å². The molecule has 2 amide bonds. The van der Waals surface area contributed by atoms with Crippen LogP contribution in [0.4, 0.5) is 8.78 Å². The number of halogens is 2. The van der Waals surface area contributed by atoms with Crippen molar-refractivity contribution in [3.05, 3.63) is 29.7 Å². The van der Waals surface area contributed by atoms with E-state index < -0.39 is 36.7 Å². The quantitative estimate of drug-likeness (QED) is 0.409. The number of rotatable bonds is 10. The number of nitrogens with two attached hydrogens (primary N) is 1. The Morgan fingerprint density at radius 2 is 1.95 bits per heavy atom. The summed E-state index contributed by atoms with van der Waals surface area (Å²) < 4.78 is 52.4. The van der Waals surface area contributed by atoms with Crippen LogP contribution in [0.1, 0.15) is 54.9 Å². The minimum atomic E-state index is -3.03. The Morgan fingerprint density at radius 3 is 2.64 bits per heavy atom. The number of esters is 1. The Bertz CT molecular complexity index is 1310. The molecule has 2 aromatic rings. The molecule has 3 heterocycles. The van der Waals surface area contributed by atoms with Crippen LogP contribution in [-0.2, 0) is 19.1 Å². The Morgan fingerprint density at radius 1 is 1.17 bits per heavy atom. The van der Waals surface area contributed by atoms with Crippen LogP contribution in [0, 0.1) is 5.92 Å². The first-order chi connectivity index (χ1) is 20.2. The molecule has 1 aliphatic carbocycles. The monoisotopic (exact) mass is 592 g/mol. The van der Waals surface area contributed by atoms with E-state index in [0.717, 1.165) is 12.8 Å². The van der Waals surface area contributed by atoms with Gasteiger partial charge in [-0.05, 0) is 56.7 Å². The summed E-state index contributed by atoms with van der Waals surface area (Å²) >= 11 is 0. The van der Waals surface area contributed by atoms with Crippen LogP contribution in [-0.4, -0.2) is 91.3 Å². The molecule has 14 heteroatoms. The van der Waals surface area contributed by atoms with Crippen LogP contribution in [0.15, 0.2) is 22.6 Å². The maximum Gasteiger partial charge on any atom is 0.387 e. The fourth-order valence-electron chi connectivity index (χ4n) is 5.09. The average molecular weight is 593 g/mol. The van der Waals surface area contributed by atoms with Crippen molar-refractivity contribution in [1.29, 1.82) is 0 Å². The van der Waals surface area contributed by atoms with Gasteiger partial charge in [-0.25, -0.2) is 9.78 Å². The number of carbonyl (C=O) groups excluding carboxylic acids is 3. The number of likely N-dealkylation sites (tertiary alicyclic amines) is 1. The highest BCUT2D eigenvalue weighted by Crippen LogP contribution is 2.37. The minimum absolute atomic E-state index is 0.0274. The molecule has 0 radical (unpaired) electrons. The number of hydrogen-bond acceptors (Lipinski definition) is 10. The van der Waals surface area contributed by atoms with E-state index in [2.05, 4.69) is 9.72 Å². The summed E-state index contributed by atoms with van der Waals surface area (Å²) in [4.78, 5) is 46.7. The number of methoxy groups -OCH3 is 1. The zero-order valence-electron chi connectivity index (χ0n) is 23.4. The predicted octanol–water partition coefficient (Wildman–Crippen LogP) is 2.76. The van der Waals surface area contributed by atoms with E-state index in [-0.39, 0.29) is 54.4 Å². The van der Waals surface area contributed by atoms with E-state index in [1.807, 2.05) is 0 Å². The van der Waals surface area contributed by atoms with Crippen molar-refractivity contribution < 1.29 is 46.5 Å². The van der Waals surface area contributed by atoms with Crippen molar-refractivity contribution in [2.75, 3.05) is 40.0 Å². The summed E-state index contributed by atoms with van der Waals surface area (Å²) in [6, 6.07) is 2.81. The van der Waals surface area contributed by atoms with Gasteiger partial charge in [0, 0.05) is 18.7 Å². The molecular weight excluding hydrogens is 558 g/mol. The number of carbonyl (C=O) groups is 3. The van der Waals surface area contributed by atoms with Crippen molar-refractivity contribution in [3.63, 3.8) is 0 Å². The number of hydrogen-bond donors (Lipinski definition) is 1. The Hall–Kier alpha value is -3.78. The third-order valence-electron chi connectivity index (χ3n) is 7.49. The summed E-state index contributed by atoms with van der Waals surface area (Å²) in [5, 5.41) is 0. The molecule has 0 spiro atoms. The third-order valence-corrected chi connectivity index (χ3v) is 7.49. The molecule has 2 saturated heterocycles. The summed E-state index contributed by atoms with van der Waals surface area (Å²) in [5.41, 5.74) is 6.48. The first kappa shape index (κ1) is 29.7. The molecule has 3 atom stereocenters. The van der Waals surface area contributed by atoms with Gasteiger partial charge in [0.15, 0.2) is 29.1 Å². The van der Waals surface area contributed by atoms with Crippen molar-refractivity contribution in [2.24, 2.45) is 11.7 Å². The lowest BCUT2D eigenvalue weighted by atomic mass is 10.1. The van der Waals surface area contributed by atoms with E-state index >= 15 is 0 Å². The van der Waals surface area contributed by atoms with Crippen LogP contribution >= 0.6 is 0 Å². The van der Waals surface area contributed by atoms with Gasteiger partial charge in [-0.15, -0.1) is 0 Å². The van der Waals surface area contributed by atoms with Gasteiger partial charge >= 0.3 is 12.6 Å². The summed E-state index contributed by atoms with van der Waals surface area (Å²) in [7, 11) is 1.25. The van der Waals surface area contributed by atoms with Gasteiger partial charge < -0.3 is 38.9 Å². The molecule has 228 valence electrons. The highest BCUT2D eigenvalue weighted by Gasteiger charge is 2.41. The van der Waals surface area contributed by atoms with Crippen molar-refractivity contribution in [1.82, 2.24) is 14.8 Å². The van der Waals surface area contributed by atoms with E-state index in [1.165, 1.54) is 35.1 Å². The van der Waals surface area contributed by atoms with Crippen LogP contribution < -0.4 is 15.2 Å². The van der Waals surface area contributed by atoms with Crippen LogP contribution in [0.25, 0.3) is 11.5 Å². The van der Waals surface area contributed by atoms with Crippen LogP contribution in [0.3, 0.4) is 0 Å². The van der Waals surface area contributed by atoms with Gasteiger partial charge in [-0.2, -0.15) is 8.78 Å². The zero-order valence-corrected chi connectivity index (χ0v) is 23.4. The Labute approximate surface area is 241 Å². The lowest BCUT2D eigenvalue weighted by Crippen LogP contribution is -2.54. The van der Waals surface area contributed by atoms with Crippen molar-refractivity contribution >= 4 is 17.8 Å². The molecular formula is C28H34F2N4O8. The van der Waals surface area contributed by atoms with Gasteiger partial charge in [0.1, 0.15) is 6.04 Å². The molecule has 2 unspecified atom stereocenters. The number of aromatic nitrogens is 1. The molecule has 42 heavy (non-hydrogen) atoms. The second-order valence-electron chi connectivity index (χ2n) is 10.6. The van der Waals surface area contributed by atoms with E-state index in [0.29, 0.717) is 37.5 Å². The largest absolute Gasteiger partial charge is 0.489 e. The smallest absolute Gasteiger partial charge is 0.387 e. The fourth-order valence-corrected chi connectivity index (χ4v) is 5.09. The first-order valence-electron chi connectivity index (χ1n) is 13.9. The Balaban J connectivity index is 1.38. The number of morpholine rings is 1. The minimum Gasteiger partial charge on any atom is -0.489 e. The van der Waals surface area contributed by atoms with Crippen LogP contribution in [0.5, 0.6) is 11.5 Å². The van der Waals surface area contributed by atoms with Gasteiger partial charge in [0.2, 0.25) is 11.8 Å². The van der Waals surface area contributed by atoms with E-state index in [1.54, 1.807) is 6.92 Å². The normalized spacial score (nSPS) is 21.4. The molecule has 0 bridgehead atoms. The topological polar surface area (TPSA) is 147 Å². The predicted molar refractivity (Wildman–Crippen MR) is 142 cm³/mol. The second-order valence-corrected chi connectivity index (χ2v) is 10.6. The number of nitrogens with zero attached hydrogens (tertiary/aromatic N) is 3. The highest BCUT2D eigenvalue weighted by atomic mass is 19.3. The molecule has 1 aromatic heterocycles. The standard InChI is InChI=1S/C28H34F2N4O8/c1-15(31)23-22(26(36)34-9-3-4-18(34)25(35)33-10-11-39-21(13-33)27(37)38-2)32-24(42-23)17-7-8-19(41-28(29)30)20(12-17)40-14-16-5-6-16/h7-8,12,15-16,18,21,28H,3-6,9-11,13-14,31H2,1-2H3/t15-,18?,21?/m0/s1. The molecule has 1 aromatic carbocycles. The maximum atomic E-state index is 13.8. The lowest BCUT2D eigenvalue weighted by Gasteiger charge is -2.35. The maximum absolute atomic E-state index is 13.8. The number of benzene rings is 1. The second kappa shape index (κ2) is 12.6. The van der Waals surface area contributed by atoms with Gasteiger partial charge in [-0.1, -0.05) is 0 Å². The Kier molecular flexibility index (Phi) is 8.92. The fraction of sp³-hybridized carbons (Fsp3) is 0.571. The SMILES string of the molecule is COC(=O)C1CN(C(=O)C2CCCN2C(=O)c2nc(-c3ccc(OC(F)F)c(OCC4CC4)c3)oc2[C@H](C)N)CCO1. The first-order valence-corrected chi connectivity index (χ1v) is 13.9. The molecule has 12 nitrogen and oxygen atoms in total. The summed E-state index contributed by atoms with van der Waals surface area (Å²) in [6.45, 7) is -0.245. The highest BCUT2D eigenvalue weighted by molar-refractivity contribution is 5.98. The van der Waals surface area contributed by atoms with Gasteiger partial charge in [0.25, 0.3) is 5.91 Å². The molecule has 1 saturated carbocycles.